The average molecular weight is 273 g/mol. The Morgan fingerprint density at radius 1 is 1.12 bits per heavy atom. The molecule has 3 heteroatoms. The average Bonchev–Trinajstić information content (AvgIpc) is 2.27. The molecule has 0 amide bonds. The number of benzene rings is 1. The summed E-state index contributed by atoms with van der Waals surface area (Å²) in [7, 11) is 0. The number of rotatable bonds is 7. The molecule has 0 aliphatic heterocycles. The number of hydrogen-bond acceptors (Lipinski definition) is 1. The van der Waals surface area contributed by atoms with Crippen LogP contribution in [-0.4, -0.2) is 5.11 Å². The lowest BCUT2D eigenvalue weighted by Gasteiger charge is -2.11. The van der Waals surface area contributed by atoms with Gasteiger partial charge in [-0.1, -0.05) is 42.1 Å². The topological polar surface area (TPSA) is 20.2 Å². The molecule has 0 radical (unpaired) electrons. The van der Waals surface area contributed by atoms with Crippen molar-refractivity contribution in [2.75, 3.05) is 0 Å². The summed E-state index contributed by atoms with van der Waals surface area (Å²) in [5.41, 5.74) is 0.797. The Morgan fingerprint density at radius 2 is 1.76 bits per heavy atom. The minimum atomic E-state index is -0.477. The molecule has 94 valence electrons. The van der Waals surface area contributed by atoms with Gasteiger partial charge in [0.15, 0.2) is 0 Å². The molecule has 0 fully saturated rings. The smallest absolute Gasteiger partial charge is 0.0791 e. The van der Waals surface area contributed by atoms with Crippen LogP contribution in [0.25, 0.3) is 0 Å². The SMILES string of the molecule is C=CCCCCCC(O)c1cc(Cl)cc(Cl)c1. The second kappa shape index (κ2) is 7.75. The largest absolute Gasteiger partial charge is 0.388 e. The summed E-state index contributed by atoms with van der Waals surface area (Å²) < 4.78 is 0. The van der Waals surface area contributed by atoms with Crippen LogP contribution in [0.3, 0.4) is 0 Å². The van der Waals surface area contributed by atoms with Crippen molar-refractivity contribution in [3.63, 3.8) is 0 Å². The Hall–Kier alpha value is -0.500. The van der Waals surface area contributed by atoms with Crippen LogP contribution in [0.4, 0.5) is 0 Å². The molecule has 1 atom stereocenters. The molecule has 1 aromatic carbocycles. The van der Waals surface area contributed by atoms with E-state index in [1.54, 1.807) is 18.2 Å². The number of halogens is 2. The van der Waals surface area contributed by atoms with Crippen LogP contribution in [-0.2, 0) is 0 Å². The van der Waals surface area contributed by atoms with Gasteiger partial charge in [-0.05, 0) is 43.0 Å². The van der Waals surface area contributed by atoms with Crippen molar-refractivity contribution in [1.82, 2.24) is 0 Å². The highest BCUT2D eigenvalue weighted by molar-refractivity contribution is 6.34. The van der Waals surface area contributed by atoms with E-state index in [0.717, 1.165) is 37.7 Å². The van der Waals surface area contributed by atoms with E-state index in [0.29, 0.717) is 10.0 Å². The number of unbranched alkanes of at least 4 members (excludes halogenated alkanes) is 3. The summed E-state index contributed by atoms with van der Waals surface area (Å²) in [4.78, 5) is 0. The lowest BCUT2D eigenvalue weighted by molar-refractivity contribution is 0.163. The second-order valence-electron chi connectivity index (χ2n) is 4.15. The Balaban J connectivity index is 2.40. The van der Waals surface area contributed by atoms with Gasteiger partial charge in [0.2, 0.25) is 0 Å². The minimum Gasteiger partial charge on any atom is -0.388 e. The predicted octanol–water partition coefficient (Wildman–Crippen LogP) is 5.16. The van der Waals surface area contributed by atoms with Gasteiger partial charge in [-0.15, -0.1) is 6.58 Å². The predicted molar refractivity (Wildman–Crippen MR) is 74.7 cm³/mol. The fourth-order valence-electron chi connectivity index (χ4n) is 1.74. The maximum atomic E-state index is 9.99. The highest BCUT2D eigenvalue weighted by Gasteiger charge is 2.08. The van der Waals surface area contributed by atoms with Crippen LogP contribution in [0.2, 0.25) is 10.0 Å². The monoisotopic (exact) mass is 272 g/mol. The molecule has 0 spiro atoms. The number of aliphatic hydroxyl groups excluding tert-OH is 1. The molecule has 17 heavy (non-hydrogen) atoms. The fraction of sp³-hybridized carbons (Fsp3) is 0.429. The molecule has 0 saturated heterocycles. The zero-order valence-corrected chi connectivity index (χ0v) is 11.3. The fourth-order valence-corrected chi connectivity index (χ4v) is 2.28. The summed E-state index contributed by atoms with van der Waals surface area (Å²) in [5.74, 6) is 0. The quantitative estimate of drug-likeness (QED) is 0.537. The van der Waals surface area contributed by atoms with Crippen molar-refractivity contribution in [2.24, 2.45) is 0 Å². The third-order valence-electron chi connectivity index (χ3n) is 2.66. The van der Waals surface area contributed by atoms with Crippen LogP contribution in [0.1, 0.15) is 43.8 Å². The minimum absolute atomic E-state index is 0.477. The van der Waals surface area contributed by atoms with Crippen LogP contribution in [0, 0.1) is 0 Å². The third kappa shape index (κ3) is 5.58. The van der Waals surface area contributed by atoms with Gasteiger partial charge in [-0.3, -0.25) is 0 Å². The van der Waals surface area contributed by atoms with Gasteiger partial charge in [0.1, 0.15) is 0 Å². The first kappa shape index (κ1) is 14.6. The summed E-state index contributed by atoms with van der Waals surface area (Å²) in [6.07, 6.45) is 6.47. The molecular weight excluding hydrogens is 255 g/mol. The molecule has 0 aromatic heterocycles. The van der Waals surface area contributed by atoms with Crippen molar-refractivity contribution in [2.45, 2.75) is 38.2 Å². The van der Waals surface area contributed by atoms with E-state index < -0.39 is 6.10 Å². The zero-order chi connectivity index (χ0) is 12.7. The van der Waals surface area contributed by atoms with E-state index >= 15 is 0 Å². The van der Waals surface area contributed by atoms with Gasteiger partial charge >= 0.3 is 0 Å². The lowest BCUT2D eigenvalue weighted by Crippen LogP contribution is -1.97. The molecule has 0 heterocycles. The van der Waals surface area contributed by atoms with E-state index in [-0.39, 0.29) is 0 Å². The van der Waals surface area contributed by atoms with Gasteiger partial charge in [-0.25, -0.2) is 0 Å². The van der Waals surface area contributed by atoms with Gasteiger partial charge in [0.05, 0.1) is 6.10 Å². The normalized spacial score (nSPS) is 12.4. The first-order valence-electron chi connectivity index (χ1n) is 5.88. The lowest BCUT2D eigenvalue weighted by atomic mass is 10.0. The Morgan fingerprint density at radius 3 is 2.35 bits per heavy atom. The molecule has 0 aliphatic rings. The molecule has 0 saturated carbocycles. The van der Waals surface area contributed by atoms with Crippen molar-refractivity contribution < 1.29 is 5.11 Å². The van der Waals surface area contributed by atoms with E-state index in [9.17, 15) is 5.11 Å². The standard InChI is InChI=1S/C14H18Cl2O/c1-2-3-4-5-6-7-14(17)11-8-12(15)10-13(16)9-11/h2,8-10,14,17H,1,3-7H2. The third-order valence-corrected chi connectivity index (χ3v) is 3.09. The molecule has 1 unspecified atom stereocenters. The number of hydrogen-bond donors (Lipinski definition) is 1. The Bertz CT molecular complexity index is 343. The zero-order valence-electron chi connectivity index (χ0n) is 9.83. The van der Waals surface area contributed by atoms with Gasteiger partial charge in [0.25, 0.3) is 0 Å². The van der Waals surface area contributed by atoms with Gasteiger partial charge in [0, 0.05) is 10.0 Å². The molecule has 0 aliphatic carbocycles. The van der Waals surface area contributed by atoms with Crippen LogP contribution < -0.4 is 0 Å². The summed E-state index contributed by atoms with van der Waals surface area (Å²) in [6, 6.07) is 5.20. The van der Waals surface area contributed by atoms with E-state index in [1.165, 1.54) is 0 Å². The van der Waals surface area contributed by atoms with Gasteiger partial charge < -0.3 is 5.11 Å². The number of allylic oxidation sites excluding steroid dienone is 1. The van der Waals surface area contributed by atoms with Crippen molar-refractivity contribution in [3.8, 4) is 0 Å². The van der Waals surface area contributed by atoms with Crippen LogP contribution in [0.5, 0.6) is 0 Å². The van der Waals surface area contributed by atoms with E-state index in [2.05, 4.69) is 6.58 Å². The molecule has 1 aromatic rings. The number of aliphatic hydroxyl groups is 1. The highest BCUT2D eigenvalue weighted by Crippen LogP contribution is 2.26. The molecule has 0 bridgehead atoms. The highest BCUT2D eigenvalue weighted by atomic mass is 35.5. The van der Waals surface area contributed by atoms with Crippen molar-refractivity contribution >= 4 is 23.2 Å². The Kier molecular flexibility index (Phi) is 6.64. The maximum Gasteiger partial charge on any atom is 0.0791 e. The summed E-state index contributed by atoms with van der Waals surface area (Å²) >= 11 is 11.8. The first-order chi connectivity index (χ1) is 8.13. The van der Waals surface area contributed by atoms with E-state index in [1.807, 2.05) is 6.08 Å². The summed E-state index contributed by atoms with van der Waals surface area (Å²) in [5, 5.41) is 11.1. The maximum absolute atomic E-state index is 9.99. The van der Waals surface area contributed by atoms with Crippen LogP contribution in [0.15, 0.2) is 30.9 Å². The van der Waals surface area contributed by atoms with Gasteiger partial charge in [-0.2, -0.15) is 0 Å². The molecule has 1 N–H and O–H groups in total. The second-order valence-corrected chi connectivity index (χ2v) is 5.02. The van der Waals surface area contributed by atoms with Crippen molar-refractivity contribution in [3.05, 3.63) is 46.5 Å². The first-order valence-corrected chi connectivity index (χ1v) is 6.64. The molecular formula is C14H18Cl2O. The summed E-state index contributed by atoms with van der Waals surface area (Å²) in [6.45, 7) is 3.68. The van der Waals surface area contributed by atoms with E-state index in [4.69, 9.17) is 23.2 Å². The van der Waals surface area contributed by atoms with Crippen molar-refractivity contribution in [1.29, 1.82) is 0 Å². The molecule has 1 nitrogen and oxygen atoms in total. The van der Waals surface area contributed by atoms with Crippen LogP contribution >= 0.6 is 23.2 Å². The Labute approximate surface area is 113 Å². The molecule has 1 rings (SSSR count).